The van der Waals surface area contributed by atoms with Gasteiger partial charge in [-0.25, -0.2) is 13.2 Å². The molecule has 0 bridgehead atoms. The van der Waals surface area contributed by atoms with Crippen LogP contribution < -0.4 is 4.89 Å². The Morgan fingerprint density at radius 1 is 1.50 bits per heavy atom. The molecule has 0 aliphatic heterocycles. The second-order valence-electron chi connectivity index (χ2n) is 3.26. The first kappa shape index (κ1) is 14.6. The third-order valence-electron chi connectivity index (χ3n) is 1.93. The van der Waals surface area contributed by atoms with Gasteiger partial charge in [0.25, 0.3) is 10.0 Å². The highest BCUT2D eigenvalue weighted by Gasteiger charge is 2.23. The van der Waals surface area contributed by atoms with Gasteiger partial charge in [0.05, 0.1) is 13.2 Å². The first-order chi connectivity index (χ1) is 8.38. The summed E-state index contributed by atoms with van der Waals surface area (Å²) in [5.41, 5.74) is 0. The van der Waals surface area contributed by atoms with E-state index in [0.29, 0.717) is 0 Å². The summed E-state index contributed by atoms with van der Waals surface area (Å²) in [6.07, 6.45) is 0. The van der Waals surface area contributed by atoms with Crippen LogP contribution in [0.25, 0.3) is 0 Å². The number of carboxylic acids is 1. The first-order valence-electron chi connectivity index (χ1n) is 4.84. The van der Waals surface area contributed by atoms with Crippen molar-refractivity contribution in [2.45, 2.75) is 11.8 Å². The van der Waals surface area contributed by atoms with Gasteiger partial charge in [-0.15, -0.1) is 0 Å². The Bertz CT molecular complexity index is 519. The maximum absolute atomic E-state index is 11.7. The topological polar surface area (TPSA) is 115 Å². The minimum absolute atomic E-state index is 0.0262. The summed E-state index contributed by atoms with van der Waals surface area (Å²) < 4.78 is 32.9. The fourth-order valence-electron chi connectivity index (χ4n) is 1.13. The predicted molar refractivity (Wildman–Crippen MR) is 58.6 cm³/mol. The van der Waals surface area contributed by atoms with E-state index in [0.717, 1.165) is 6.07 Å². The number of ether oxygens (including phenoxy) is 1. The summed E-state index contributed by atoms with van der Waals surface area (Å²) in [5.74, 6) is -1.83. The number of methoxy groups -OCH3 is 1. The molecule has 1 aromatic heterocycles. The summed E-state index contributed by atoms with van der Waals surface area (Å²) in [6, 6.07) is 0.916. The molecule has 0 fully saturated rings. The largest absolute Gasteiger partial charge is 0.475 e. The molecule has 102 valence electrons. The summed E-state index contributed by atoms with van der Waals surface area (Å²) in [4.78, 5) is 16.9. The number of hydrogen-bond donors (Lipinski definition) is 2. The van der Waals surface area contributed by atoms with Gasteiger partial charge >= 0.3 is 5.97 Å². The zero-order valence-corrected chi connectivity index (χ0v) is 10.6. The van der Waals surface area contributed by atoms with Crippen molar-refractivity contribution in [3.8, 4) is 0 Å². The Morgan fingerprint density at radius 2 is 2.17 bits per heavy atom. The quantitative estimate of drug-likeness (QED) is 0.539. The Morgan fingerprint density at radius 3 is 2.67 bits per heavy atom. The maximum atomic E-state index is 11.7. The minimum atomic E-state index is -3.97. The molecule has 0 aliphatic carbocycles. The van der Waals surface area contributed by atoms with Crippen LogP contribution in [0.1, 0.15) is 16.3 Å². The highest BCUT2D eigenvalue weighted by molar-refractivity contribution is 7.89. The van der Waals surface area contributed by atoms with E-state index >= 15 is 0 Å². The van der Waals surface area contributed by atoms with Crippen molar-refractivity contribution in [2.75, 3.05) is 20.3 Å². The molecular weight excluding hydrogens is 266 g/mol. The highest BCUT2D eigenvalue weighted by Crippen LogP contribution is 2.19. The summed E-state index contributed by atoms with van der Waals surface area (Å²) in [5, 5.41) is 8.68. The number of hydrogen-bond acceptors (Lipinski definition) is 6. The lowest BCUT2D eigenvalue weighted by Gasteiger charge is -2.05. The molecule has 0 amide bonds. The van der Waals surface area contributed by atoms with E-state index in [-0.39, 0.29) is 23.9 Å². The zero-order valence-electron chi connectivity index (χ0n) is 9.80. The number of aryl methyl sites for hydroxylation is 1. The second kappa shape index (κ2) is 5.96. The lowest BCUT2D eigenvalue weighted by atomic mass is 10.4. The molecule has 18 heavy (non-hydrogen) atoms. The predicted octanol–water partition coefficient (Wildman–Crippen LogP) is 0.143. The molecule has 2 N–H and O–H groups in total. The molecule has 0 atom stereocenters. The van der Waals surface area contributed by atoms with E-state index in [9.17, 15) is 13.2 Å². The van der Waals surface area contributed by atoms with Crippen LogP contribution in [0, 0.1) is 6.92 Å². The van der Waals surface area contributed by atoms with Crippen molar-refractivity contribution in [3.05, 3.63) is 17.6 Å². The van der Waals surface area contributed by atoms with Gasteiger partial charge < -0.3 is 14.3 Å². The van der Waals surface area contributed by atoms with Crippen molar-refractivity contribution in [2.24, 2.45) is 0 Å². The SMILES string of the molecule is COCCONS(=O)(=O)c1cc(C(=O)O)oc1C. The van der Waals surface area contributed by atoms with Crippen LogP contribution in [0.3, 0.4) is 0 Å². The van der Waals surface area contributed by atoms with E-state index in [1.165, 1.54) is 14.0 Å². The molecule has 0 saturated heterocycles. The number of carboxylic acid groups (broad SMARTS) is 1. The Hall–Kier alpha value is -1.42. The van der Waals surface area contributed by atoms with E-state index < -0.39 is 21.8 Å². The number of furan rings is 1. The molecule has 1 aromatic rings. The zero-order chi connectivity index (χ0) is 13.8. The highest BCUT2D eigenvalue weighted by atomic mass is 32.2. The van der Waals surface area contributed by atoms with Crippen LogP contribution >= 0.6 is 0 Å². The molecule has 9 heteroatoms. The molecule has 0 radical (unpaired) electrons. The van der Waals surface area contributed by atoms with Crippen molar-refractivity contribution in [1.82, 2.24) is 4.89 Å². The van der Waals surface area contributed by atoms with Crippen molar-refractivity contribution < 1.29 is 32.3 Å². The van der Waals surface area contributed by atoms with Gasteiger partial charge in [0.1, 0.15) is 10.7 Å². The number of nitrogens with one attached hydrogen (secondary N) is 1. The van der Waals surface area contributed by atoms with Crippen molar-refractivity contribution in [3.63, 3.8) is 0 Å². The lowest BCUT2D eigenvalue weighted by molar-refractivity contribution is 0.0438. The van der Waals surface area contributed by atoms with Crippen molar-refractivity contribution >= 4 is 16.0 Å². The van der Waals surface area contributed by atoms with Gasteiger partial charge in [0.15, 0.2) is 0 Å². The van der Waals surface area contributed by atoms with Crippen molar-refractivity contribution in [1.29, 1.82) is 0 Å². The minimum Gasteiger partial charge on any atom is -0.475 e. The van der Waals surface area contributed by atoms with E-state index in [2.05, 4.69) is 9.57 Å². The van der Waals surface area contributed by atoms with Gasteiger partial charge in [-0.1, -0.05) is 4.89 Å². The molecule has 0 spiro atoms. The Labute approximate surface area is 103 Å². The van der Waals surface area contributed by atoms with Gasteiger partial charge in [-0.2, -0.15) is 0 Å². The maximum Gasteiger partial charge on any atom is 0.371 e. The monoisotopic (exact) mass is 279 g/mol. The van der Waals surface area contributed by atoms with Crippen LogP contribution in [0.5, 0.6) is 0 Å². The average molecular weight is 279 g/mol. The smallest absolute Gasteiger partial charge is 0.371 e. The first-order valence-corrected chi connectivity index (χ1v) is 6.33. The van der Waals surface area contributed by atoms with Crippen LogP contribution in [-0.2, 0) is 19.6 Å². The number of aromatic carboxylic acids is 1. The van der Waals surface area contributed by atoms with Crippen LogP contribution in [-0.4, -0.2) is 39.8 Å². The molecule has 0 saturated carbocycles. The Balaban J connectivity index is 2.81. The van der Waals surface area contributed by atoms with Gasteiger partial charge in [0.2, 0.25) is 5.76 Å². The van der Waals surface area contributed by atoms with Gasteiger partial charge in [0, 0.05) is 13.2 Å². The molecule has 0 unspecified atom stereocenters. The summed E-state index contributed by atoms with van der Waals surface area (Å²) in [7, 11) is -2.53. The van der Waals surface area contributed by atoms with Crippen LogP contribution in [0.2, 0.25) is 0 Å². The number of carbonyl (C=O) groups is 1. The molecule has 0 aliphatic rings. The van der Waals surface area contributed by atoms with E-state index in [4.69, 9.17) is 9.52 Å². The van der Waals surface area contributed by atoms with E-state index in [1.807, 2.05) is 4.89 Å². The van der Waals surface area contributed by atoms with E-state index in [1.54, 1.807) is 0 Å². The fourth-order valence-corrected chi connectivity index (χ4v) is 2.14. The standard InChI is InChI=1S/C9H13NO7S/c1-6-8(5-7(17-6)9(11)12)18(13,14)10-16-4-3-15-2/h5,10H,3-4H2,1-2H3,(H,11,12). The molecule has 1 heterocycles. The molecule has 0 aromatic carbocycles. The number of rotatable bonds is 7. The molecular formula is C9H13NO7S. The van der Waals surface area contributed by atoms with Crippen LogP contribution in [0.4, 0.5) is 0 Å². The van der Waals surface area contributed by atoms with Gasteiger partial charge in [-0.05, 0) is 6.92 Å². The average Bonchev–Trinajstić information content (AvgIpc) is 2.68. The summed E-state index contributed by atoms with van der Waals surface area (Å²) in [6.45, 7) is 1.59. The lowest BCUT2D eigenvalue weighted by Crippen LogP contribution is -2.25. The fraction of sp³-hybridized carbons (Fsp3) is 0.444. The van der Waals surface area contributed by atoms with Gasteiger partial charge in [-0.3, -0.25) is 4.84 Å². The second-order valence-corrected chi connectivity index (χ2v) is 4.88. The summed E-state index contributed by atoms with van der Waals surface area (Å²) >= 11 is 0. The molecule has 1 rings (SSSR count). The third-order valence-corrected chi connectivity index (χ3v) is 3.25. The Kier molecular flexibility index (Phi) is 4.84. The normalized spacial score (nSPS) is 11.7. The molecule has 8 nitrogen and oxygen atoms in total. The number of sulfonamides is 1. The van der Waals surface area contributed by atoms with Crippen LogP contribution in [0.15, 0.2) is 15.4 Å². The third kappa shape index (κ3) is 3.53.